The standard InChI is InChI=1S/C18H23N/c1-12-9-10-17-15(11-12)13(2)14-7-6-8-16(14)19(17)18(3,4)5/h8-11H,6-7H2,1-5H3. The van der Waals surface area contributed by atoms with Crippen molar-refractivity contribution in [1.29, 1.82) is 0 Å². The molecule has 0 saturated carbocycles. The van der Waals surface area contributed by atoms with Gasteiger partial charge in [0, 0.05) is 22.5 Å². The van der Waals surface area contributed by atoms with Crippen molar-refractivity contribution < 1.29 is 0 Å². The molecule has 0 fully saturated rings. The van der Waals surface area contributed by atoms with E-state index in [4.69, 9.17) is 0 Å². The second-order valence-electron chi connectivity index (χ2n) is 6.76. The molecule has 1 aliphatic heterocycles. The van der Waals surface area contributed by atoms with E-state index >= 15 is 0 Å². The van der Waals surface area contributed by atoms with Crippen molar-refractivity contribution in [1.82, 2.24) is 0 Å². The summed E-state index contributed by atoms with van der Waals surface area (Å²) < 4.78 is 0. The van der Waals surface area contributed by atoms with Crippen molar-refractivity contribution in [3.05, 3.63) is 46.7 Å². The number of fused-ring (bicyclic) bond motifs is 2. The van der Waals surface area contributed by atoms with Gasteiger partial charge >= 0.3 is 0 Å². The smallest absolute Gasteiger partial charge is 0.0492 e. The van der Waals surface area contributed by atoms with E-state index in [-0.39, 0.29) is 5.54 Å². The zero-order chi connectivity index (χ0) is 13.8. The Morgan fingerprint density at radius 2 is 1.84 bits per heavy atom. The third-order valence-electron chi connectivity index (χ3n) is 4.20. The molecule has 3 rings (SSSR count). The number of hydrogen-bond acceptors (Lipinski definition) is 1. The van der Waals surface area contributed by atoms with Crippen LogP contribution in [-0.4, -0.2) is 5.54 Å². The van der Waals surface area contributed by atoms with Crippen molar-refractivity contribution in [3.63, 3.8) is 0 Å². The lowest BCUT2D eigenvalue weighted by Crippen LogP contribution is -2.42. The first-order valence-corrected chi connectivity index (χ1v) is 7.21. The molecule has 0 unspecified atom stereocenters. The van der Waals surface area contributed by atoms with Crippen LogP contribution in [0.25, 0.3) is 5.57 Å². The molecule has 0 radical (unpaired) electrons. The van der Waals surface area contributed by atoms with E-state index in [0.29, 0.717) is 0 Å². The number of hydrogen-bond donors (Lipinski definition) is 0. The van der Waals surface area contributed by atoms with Crippen molar-refractivity contribution in [3.8, 4) is 0 Å². The monoisotopic (exact) mass is 253 g/mol. The van der Waals surface area contributed by atoms with Crippen LogP contribution in [0, 0.1) is 6.92 Å². The van der Waals surface area contributed by atoms with Crippen LogP contribution in [-0.2, 0) is 0 Å². The molecule has 1 nitrogen and oxygen atoms in total. The predicted octanol–water partition coefficient (Wildman–Crippen LogP) is 5.06. The molecule has 0 atom stereocenters. The minimum Gasteiger partial charge on any atom is -0.336 e. The molecule has 19 heavy (non-hydrogen) atoms. The number of aryl methyl sites for hydroxylation is 1. The second kappa shape index (κ2) is 4.00. The average molecular weight is 253 g/mol. The van der Waals surface area contributed by atoms with E-state index < -0.39 is 0 Å². The lowest BCUT2D eigenvalue weighted by atomic mass is 9.88. The van der Waals surface area contributed by atoms with Crippen LogP contribution in [0.2, 0.25) is 0 Å². The van der Waals surface area contributed by atoms with E-state index in [2.05, 4.69) is 63.8 Å². The van der Waals surface area contributed by atoms with Gasteiger partial charge in [-0.25, -0.2) is 0 Å². The van der Waals surface area contributed by atoms with Crippen molar-refractivity contribution in [2.45, 2.75) is 53.0 Å². The molecule has 100 valence electrons. The van der Waals surface area contributed by atoms with E-state index in [0.717, 1.165) is 0 Å². The summed E-state index contributed by atoms with van der Waals surface area (Å²) >= 11 is 0. The highest BCUT2D eigenvalue weighted by atomic mass is 15.2. The first-order valence-electron chi connectivity index (χ1n) is 7.21. The molecule has 0 aromatic heterocycles. The Labute approximate surface area is 116 Å². The van der Waals surface area contributed by atoms with Gasteiger partial charge in [0.2, 0.25) is 0 Å². The van der Waals surface area contributed by atoms with Crippen LogP contribution in [0.1, 0.15) is 51.7 Å². The number of rotatable bonds is 0. The number of nitrogens with zero attached hydrogens (tertiary/aromatic N) is 1. The minimum absolute atomic E-state index is 0.117. The summed E-state index contributed by atoms with van der Waals surface area (Å²) in [6.45, 7) is 11.4. The summed E-state index contributed by atoms with van der Waals surface area (Å²) in [5, 5.41) is 0. The van der Waals surface area contributed by atoms with Crippen LogP contribution < -0.4 is 4.90 Å². The van der Waals surface area contributed by atoms with Gasteiger partial charge in [-0.2, -0.15) is 0 Å². The maximum Gasteiger partial charge on any atom is 0.0492 e. The first kappa shape index (κ1) is 12.5. The largest absolute Gasteiger partial charge is 0.336 e. The lowest BCUT2D eigenvalue weighted by Gasteiger charge is -2.43. The SMILES string of the molecule is CC1=C2CCC=C2N(C(C)(C)C)c2ccc(C)cc21. The molecule has 1 aliphatic carbocycles. The fourth-order valence-corrected chi connectivity index (χ4v) is 3.37. The Morgan fingerprint density at radius 1 is 1.11 bits per heavy atom. The molecule has 0 spiro atoms. The third-order valence-corrected chi connectivity index (χ3v) is 4.20. The summed E-state index contributed by atoms with van der Waals surface area (Å²) in [5.41, 5.74) is 8.72. The van der Waals surface area contributed by atoms with E-state index in [1.165, 1.54) is 40.9 Å². The number of benzene rings is 1. The normalized spacial score (nSPS) is 18.4. The minimum atomic E-state index is 0.117. The Kier molecular flexibility index (Phi) is 2.63. The molecule has 1 aromatic carbocycles. The summed E-state index contributed by atoms with van der Waals surface area (Å²) in [6.07, 6.45) is 4.79. The van der Waals surface area contributed by atoms with Crippen LogP contribution >= 0.6 is 0 Å². The fraction of sp³-hybridized carbons (Fsp3) is 0.444. The van der Waals surface area contributed by atoms with Crippen LogP contribution in [0.5, 0.6) is 0 Å². The van der Waals surface area contributed by atoms with E-state index in [1.54, 1.807) is 5.57 Å². The molecule has 0 bridgehead atoms. The van der Waals surface area contributed by atoms with Crippen LogP contribution in [0.15, 0.2) is 35.5 Å². The van der Waals surface area contributed by atoms with Gasteiger partial charge in [-0.1, -0.05) is 17.7 Å². The number of anilines is 1. The van der Waals surface area contributed by atoms with E-state index in [1.807, 2.05) is 0 Å². The Hall–Kier alpha value is -1.50. The summed E-state index contributed by atoms with van der Waals surface area (Å²) in [6, 6.07) is 6.85. The third kappa shape index (κ3) is 1.83. The van der Waals surface area contributed by atoms with Crippen molar-refractivity contribution in [2.75, 3.05) is 4.90 Å². The predicted molar refractivity (Wildman–Crippen MR) is 83.3 cm³/mol. The topological polar surface area (TPSA) is 3.24 Å². The summed E-state index contributed by atoms with van der Waals surface area (Å²) in [7, 11) is 0. The molecular weight excluding hydrogens is 230 g/mol. The summed E-state index contributed by atoms with van der Waals surface area (Å²) in [5.74, 6) is 0. The van der Waals surface area contributed by atoms with Gasteiger partial charge in [-0.15, -0.1) is 0 Å². The zero-order valence-corrected chi connectivity index (χ0v) is 12.7. The maximum atomic E-state index is 2.52. The molecule has 1 heterocycles. The molecular formula is C18H23N. The van der Waals surface area contributed by atoms with Gasteiger partial charge in [0.15, 0.2) is 0 Å². The van der Waals surface area contributed by atoms with Crippen LogP contribution in [0.3, 0.4) is 0 Å². The maximum absolute atomic E-state index is 2.52. The Balaban J connectivity index is 2.29. The molecule has 0 N–H and O–H groups in total. The zero-order valence-electron chi connectivity index (χ0n) is 12.7. The Bertz CT molecular complexity index is 597. The van der Waals surface area contributed by atoms with Gasteiger partial charge in [-0.3, -0.25) is 0 Å². The molecule has 1 aromatic rings. The van der Waals surface area contributed by atoms with Gasteiger partial charge in [0.25, 0.3) is 0 Å². The fourth-order valence-electron chi connectivity index (χ4n) is 3.37. The van der Waals surface area contributed by atoms with Gasteiger partial charge in [0.1, 0.15) is 0 Å². The van der Waals surface area contributed by atoms with E-state index in [9.17, 15) is 0 Å². The molecule has 0 saturated heterocycles. The quantitative estimate of drug-likeness (QED) is 0.624. The highest BCUT2D eigenvalue weighted by Gasteiger charge is 2.34. The van der Waals surface area contributed by atoms with Crippen LogP contribution in [0.4, 0.5) is 5.69 Å². The summed E-state index contributed by atoms with van der Waals surface area (Å²) in [4.78, 5) is 2.52. The highest BCUT2D eigenvalue weighted by Crippen LogP contribution is 2.47. The first-order chi connectivity index (χ1) is 8.89. The van der Waals surface area contributed by atoms with Gasteiger partial charge in [-0.05, 0) is 70.7 Å². The lowest BCUT2D eigenvalue weighted by molar-refractivity contribution is 0.542. The molecule has 2 aliphatic rings. The van der Waals surface area contributed by atoms with Gasteiger partial charge in [0.05, 0.1) is 0 Å². The van der Waals surface area contributed by atoms with Gasteiger partial charge < -0.3 is 4.90 Å². The number of allylic oxidation sites excluding steroid dienone is 3. The molecule has 1 heteroatoms. The second-order valence-corrected chi connectivity index (χ2v) is 6.76. The van der Waals surface area contributed by atoms with Crippen molar-refractivity contribution >= 4 is 11.3 Å². The average Bonchev–Trinajstić information content (AvgIpc) is 2.77. The van der Waals surface area contributed by atoms with Crippen molar-refractivity contribution in [2.24, 2.45) is 0 Å². The molecule has 0 amide bonds. The highest BCUT2D eigenvalue weighted by molar-refractivity contribution is 5.88. The Morgan fingerprint density at radius 3 is 2.53 bits per heavy atom.